The maximum absolute atomic E-state index is 4.35. The monoisotopic (exact) mass is 271 g/mol. The van der Waals surface area contributed by atoms with Gasteiger partial charge < -0.3 is 0 Å². The molecule has 1 heteroatoms. The van der Waals surface area contributed by atoms with Crippen molar-refractivity contribution < 1.29 is 0 Å². The molecule has 0 spiro atoms. The van der Waals surface area contributed by atoms with Gasteiger partial charge in [0.25, 0.3) is 0 Å². The van der Waals surface area contributed by atoms with Gasteiger partial charge in [-0.05, 0) is 43.4 Å². The van der Waals surface area contributed by atoms with Gasteiger partial charge in [0.05, 0.1) is 6.20 Å². The molecular weight excluding hydrogens is 242 g/mol. The first-order valence-corrected chi connectivity index (χ1v) is 7.80. The first-order chi connectivity index (χ1) is 9.63. The zero-order valence-electron chi connectivity index (χ0n) is 13.1. The minimum Gasteiger partial charge on any atom is -0.260 e. The summed E-state index contributed by atoms with van der Waals surface area (Å²) in [4.78, 5) is 4.35. The van der Waals surface area contributed by atoms with Crippen LogP contribution in [-0.2, 0) is 0 Å². The highest BCUT2D eigenvalue weighted by atomic mass is 14.7. The molecule has 0 heterocycles. The molecule has 0 aromatic rings. The third-order valence-corrected chi connectivity index (χ3v) is 4.71. The van der Waals surface area contributed by atoms with Gasteiger partial charge >= 0.3 is 0 Å². The predicted octanol–water partition coefficient (Wildman–Crippen LogP) is 5.57. The molecule has 1 nitrogen and oxygen atoms in total. The molecule has 1 saturated carbocycles. The molecular formula is C19H29N. The summed E-state index contributed by atoms with van der Waals surface area (Å²) in [5.41, 5.74) is 4.14. The van der Waals surface area contributed by atoms with E-state index in [2.05, 4.69) is 56.6 Å². The number of hydrogen-bond donors (Lipinski definition) is 0. The number of hydrogen-bond acceptors (Lipinski definition) is 1. The van der Waals surface area contributed by atoms with Crippen molar-refractivity contribution in [3.8, 4) is 0 Å². The fourth-order valence-electron chi connectivity index (χ4n) is 3.38. The Kier molecular flexibility index (Phi) is 7.33. The van der Waals surface area contributed by atoms with Gasteiger partial charge in [-0.15, -0.1) is 12.3 Å². The van der Waals surface area contributed by atoms with Crippen LogP contribution in [0.3, 0.4) is 0 Å². The lowest BCUT2D eigenvalue weighted by molar-refractivity contribution is 0.203. The quantitative estimate of drug-likeness (QED) is 0.326. The molecule has 0 bridgehead atoms. The Morgan fingerprint density at radius 3 is 2.55 bits per heavy atom. The lowest BCUT2D eigenvalue weighted by atomic mass is 9.69. The molecule has 0 aromatic heterocycles. The van der Waals surface area contributed by atoms with Crippen molar-refractivity contribution in [2.75, 3.05) is 0 Å². The molecule has 0 N–H and O–H groups in total. The zero-order valence-corrected chi connectivity index (χ0v) is 13.1. The first-order valence-electron chi connectivity index (χ1n) is 7.80. The lowest BCUT2D eigenvalue weighted by Crippen LogP contribution is -2.30. The normalized spacial score (nSPS) is 21.2. The highest BCUT2D eigenvalue weighted by molar-refractivity contribution is 5.62. The molecule has 3 atom stereocenters. The van der Waals surface area contributed by atoms with Crippen LogP contribution in [0.25, 0.3) is 0 Å². The number of allylic oxidation sites excluding steroid dienone is 2. The van der Waals surface area contributed by atoms with Gasteiger partial charge in [0.15, 0.2) is 0 Å². The fourth-order valence-corrected chi connectivity index (χ4v) is 3.38. The second-order valence-electron chi connectivity index (χ2n) is 5.96. The lowest BCUT2D eigenvalue weighted by Gasteiger charge is -2.36. The van der Waals surface area contributed by atoms with Gasteiger partial charge in [-0.2, -0.15) is 0 Å². The van der Waals surface area contributed by atoms with E-state index in [0.29, 0.717) is 17.8 Å². The van der Waals surface area contributed by atoms with Gasteiger partial charge in [-0.3, -0.25) is 4.99 Å². The van der Waals surface area contributed by atoms with Crippen LogP contribution < -0.4 is 0 Å². The summed E-state index contributed by atoms with van der Waals surface area (Å²) in [6.07, 6.45) is 11.9. The molecule has 0 radical (unpaired) electrons. The Balaban J connectivity index is 2.86. The second-order valence-corrected chi connectivity index (χ2v) is 5.96. The minimum absolute atomic E-state index is 0.451. The van der Waals surface area contributed by atoms with Gasteiger partial charge in [0.2, 0.25) is 0 Å². The van der Waals surface area contributed by atoms with Crippen LogP contribution in [0.5, 0.6) is 0 Å². The van der Waals surface area contributed by atoms with Gasteiger partial charge in [-0.25, -0.2) is 0 Å². The van der Waals surface area contributed by atoms with Crippen LogP contribution in [0.2, 0.25) is 0 Å². The Morgan fingerprint density at radius 2 is 2.05 bits per heavy atom. The smallest absolute Gasteiger partial charge is 0.0676 e. The van der Waals surface area contributed by atoms with E-state index in [-0.39, 0.29) is 0 Å². The van der Waals surface area contributed by atoms with E-state index >= 15 is 0 Å². The summed E-state index contributed by atoms with van der Waals surface area (Å²) in [6, 6.07) is 0. The van der Waals surface area contributed by atoms with Crippen molar-refractivity contribution in [2.45, 2.75) is 46.0 Å². The van der Waals surface area contributed by atoms with Crippen molar-refractivity contribution in [1.82, 2.24) is 0 Å². The molecule has 1 rings (SSSR count). The van der Waals surface area contributed by atoms with Crippen molar-refractivity contribution in [3.63, 3.8) is 0 Å². The van der Waals surface area contributed by atoms with Crippen LogP contribution in [0, 0.1) is 23.7 Å². The Bertz CT molecular complexity index is 388. The fraction of sp³-hybridized carbons (Fsp3) is 0.579. The van der Waals surface area contributed by atoms with Gasteiger partial charge in [-0.1, -0.05) is 45.1 Å². The number of rotatable bonds is 7. The van der Waals surface area contributed by atoms with E-state index in [1.165, 1.54) is 37.7 Å². The molecule has 20 heavy (non-hydrogen) atoms. The van der Waals surface area contributed by atoms with Crippen LogP contribution >= 0.6 is 0 Å². The standard InChI is InChI=1S/C19H29N/c1-6-13-20-14-19(16(5)7-2)18(8-3)17-11-9-15(4)10-12-17/h7,13-14,16-19H,1-2,4,8-12H2,3,5H3/b20-14-. The molecule has 0 saturated heterocycles. The maximum atomic E-state index is 4.35. The number of aliphatic imine (C=N–C) groups is 1. The van der Waals surface area contributed by atoms with E-state index in [1.54, 1.807) is 6.20 Å². The van der Waals surface area contributed by atoms with Crippen LogP contribution in [0.1, 0.15) is 46.0 Å². The molecule has 1 aliphatic carbocycles. The van der Waals surface area contributed by atoms with Crippen molar-refractivity contribution in [2.24, 2.45) is 28.7 Å². The molecule has 1 fully saturated rings. The molecule has 110 valence electrons. The molecule has 3 unspecified atom stereocenters. The van der Waals surface area contributed by atoms with Crippen molar-refractivity contribution >= 4 is 6.21 Å². The Labute approximate surface area is 124 Å². The third kappa shape index (κ3) is 4.65. The van der Waals surface area contributed by atoms with E-state index in [4.69, 9.17) is 0 Å². The largest absolute Gasteiger partial charge is 0.260 e. The summed E-state index contributed by atoms with van der Waals surface area (Å²) < 4.78 is 0. The van der Waals surface area contributed by atoms with E-state index in [9.17, 15) is 0 Å². The van der Waals surface area contributed by atoms with Crippen LogP contribution in [0.4, 0.5) is 0 Å². The maximum Gasteiger partial charge on any atom is 0.0676 e. The average Bonchev–Trinajstić information content (AvgIpc) is 2.47. The molecule has 1 aliphatic rings. The highest BCUT2D eigenvalue weighted by Crippen LogP contribution is 2.39. The summed E-state index contributed by atoms with van der Waals surface area (Å²) in [5.74, 6) is 2.38. The minimum atomic E-state index is 0.451. The van der Waals surface area contributed by atoms with Gasteiger partial charge in [0.1, 0.15) is 0 Å². The highest BCUT2D eigenvalue weighted by Gasteiger charge is 2.31. The number of nitrogens with zero attached hydrogens (tertiary/aromatic N) is 1. The summed E-state index contributed by atoms with van der Waals surface area (Å²) >= 11 is 0. The Hall–Kier alpha value is -1.33. The van der Waals surface area contributed by atoms with Gasteiger partial charge in [0, 0.05) is 12.1 Å². The van der Waals surface area contributed by atoms with Crippen molar-refractivity contribution in [1.29, 1.82) is 0 Å². The van der Waals surface area contributed by atoms with Crippen LogP contribution in [0.15, 0.2) is 48.3 Å². The summed E-state index contributed by atoms with van der Waals surface area (Å²) in [7, 11) is 0. The predicted molar refractivity (Wildman–Crippen MR) is 89.9 cm³/mol. The first kappa shape index (κ1) is 16.7. The van der Waals surface area contributed by atoms with E-state index < -0.39 is 0 Å². The topological polar surface area (TPSA) is 12.4 Å². The summed E-state index contributed by atoms with van der Waals surface area (Å²) in [5, 5.41) is 0. The molecule has 0 amide bonds. The molecule has 0 aromatic carbocycles. The van der Waals surface area contributed by atoms with E-state index in [1.807, 2.05) is 0 Å². The SMILES string of the molecule is C=C=C/N=C\C(C(C)C=C)C(CC)C1CCC(=C)CC1. The molecule has 0 aliphatic heterocycles. The second kappa shape index (κ2) is 8.76. The van der Waals surface area contributed by atoms with Crippen LogP contribution in [-0.4, -0.2) is 6.21 Å². The third-order valence-electron chi connectivity index (χ3n) is 4.71. The van der Waals surface area contributed by atoms with Crippen molar-refractivity contribution in [3.05, 3.63) is 43.3 Å². The van der Waals surface area contributed by atoms with E-state index in [0.717, 1.165) is 5.92 Å². The zero-order chi connectivity index (χ0) is 15.0. The summed E-state index contributed by atoms with van der Waals surface area (Å²) in [6.45, 7) is 16.2. The average molecular weight is 271 g/mol. The Morgan fingerprint density at radius 1 is 1.40 bits per heavy atom.